The maximum atomic E-state index is 12.6. The molecule has 0 unspecified atom stereocenters. The molecule has 0 aliphatic rings. The number of carbonyl (C=O) groups excluding carboxylic acids is 2. The van der Waals surface area contributed by atoms with Gasteiger partial charge in [-0.25, -0.2) is 13.5 Å². The van der Waals surface area contributed by atoms with E-state index in [1.807, 2.05) is 0 Å². The Labute approximate surface area is 186 Å². The summed E-state index contributed by atoms with van der Waals surface area (Å²) in [5.74, 6) is -1.06. The van der Waals surface area contributed by atoms with Crippen LogP contribution in [0.25, 0.3) is 0 Å². The molecule has 1 N–H and O–H groups in total. The van der Waals surface area contributed by atoms with Crippen molar-refractivity contribution >= 4 is 28.2 Å². The van der Waals surface area contributed by atoms with E-state index in [4.69, 9.17) is 0 Å². The van der Waals surface area contributed by atoms with Gasteiger partial charge in [-0.2, -0.15) is 4.31 Å². The topological polar surface area (TPSA) is 126 Å². The smallest absolute Gasteiger partial charge is 0.263 e. The van der Waals surface area contributed by atoms with Gasteiger partial charge in [0.15, 0.2) is 0 Å². The number of hydrogen-bond acceptors (Lipinski definition) is 7. The highest BCUT2D eigenvalue weighted by Crippen LogP contribution is 2.17. The molecule has 0 saturated heterocycles. The molecule has 0 aliphatic carbocycles. The first-order valence-corrected chi connectivity index (χ1v) is 13.4. The Morgan fingerprint density at radius 3 is 1.94 bits per heavy atom. The summed E-state index contributed by atoms with van der Waals surface area (Å²) in [6, 6.07) is 0. The number of unbranched alkanes of at least 4 members (excludes halogenated alkanes) is 13. The Bertz CT molecular complexity index is 695. The van der Waals surface area contributed by atoms with Crippen LogP contribution in [0.5, 0.6) is 0 Å². The molecule has 0 bridgehead atoms. The average molecular weight is 458 g/mol. The van der Waals surface area contributed by atoms with Crippen LogP contribution in [0.4, 0.5) is 5.95 Å². The number of aldehydes is 1. The molecule has 178 valence electrons. The van der Waals surface area contributed by atoms with E-state index in [-0.39, 0.29) is 31.0 Å². The zero-order valence-corrected chi connectivity index (χ0v) is 19.7. The lowest BCUT2D eigenvalue weighted by Crippen LogP contribution is -2.39. The van der Waals surface area contributed by atoms with Crippen LogP contribution in [-0.2, 0) is 19.6 Å². The number of amides is 1. The number of sulfonamides is 1. The number of anilines is 1. The van der Waals surface area contributed by atoms with Gasteiger partial charge in [0.2, 0.25) is 15.9 Å². The number of H-pyrrole nitrogens is 1. The van der Waals surface area contributed by atoms with Gasteiger partial charge < -0.3 is 4.79 Å². The molecular weight excluding hydrogens is 418 g/mol. The highest BCUT2D eigenvalue weighted by Gasteiger charge is 2.31. The van der Waals surface area contributed by atoms with Gasteiger partial charge in [-0.1, -0.05) is 89.1 Å². The Morgan fingerprint density at radius 1 is 0.903 bits per heavy atom. The Kier molecular flexibility index (Phi) is 14.7. The number of hydrogen-bond donors (Lipinski definition) is 1. The van der Waals surface area contributed by atoms with Gasteiger partial charge in [0.1, 0.15) is 6.29 Å². The van der Waals surface area contributed by atoms with Gasteiger partial charge >= 0.3 is 0 Å². The molecule has 9 nitrogen and oxygen atoms in total. The third-order valence-corrected chi connectivity index (χ3v) is 6.99. The molecule has 1 amide bonds. The van der Waals surface area contributed by atoms with Gasteiger partial charge in [-0.15, -0.1) is 0 Å². The lowest BCUT2D eigenvalue weighted by Gasteiger charge is -2.18. The van der Waals surface area contributed by atoms with E-state index in [0.29, 0.717) is 17.0 Å². The fraction of sp³-hybridized carbons (Fsp3) is 0.857. The van der Waals surface area contributed by atoms with Crippen molar-refractivity contribution in [1.29, 1.82) is 0 Å². The quantitative estimate of drug-likeness (QED) is 0.228. The largest absolute Gasteiger partial charge is 0.303 e. The minimum atomic E-state index is -3.93. The van der Waals surface area contributed by atoms with Crippen LogP contribution in [0.15, 0.2) is 0 Å². The molecule has 0 atom stereocenters. The van der Waals surface area contributed by atoms with E-state index in [9.17, 15) is 18.0 Å². The van der Waals surface area contributed by atoms with Crippen molar-refractivity contribution in [3.05, 3.63) is 0 Å². The number of nitrogens with zero attached hydrogens (tertiary/aromatic N) is 4. The fourth-order valence-corrected chi connectivity index (χ4v) is 4.94. The van der Waals surface area contributed by atoms with Crippen LogP contribution in [0, 0.1) is 0 Å². The molecular formula is C21H39N5O4S. The van der Waals surface area contributed by atoms with Crippen LogP contribution in [0.1, 0.15) is 110 Å². The van der Waals surface area contributed by atoms with E-state index in [1.165, 1.54) is 57.8 Å². The number of nitrogens with one attached hydrogen (secondary N) is 1. The normalized spacial score (nSPS) is 11.5. The van der Waals surface area contributed by atoms with E-state index in [1.54, 1.807) is 0 Å². The summed E-state index contributed by atoms with van der Waals surface area (Å²) < 4.78 is 25.8. The molecule has 0 saturated carbocycles. The molecule has 0 radical (unpaired) electrons. The van der Waals surface area contributed by atoms with Crippen LogP contribution < -0.4 is 4.31 Å². The summed E-state index contributed by atoms with van der Waals surface area (Å²) in [6.07, 6.45) is 16.5. The fourth-order valence-electron chi connectivity index (χ4n) is 3.48. The summed E-state index contributed by atoms with van der Waals surface area (Å²) in [5, 5.41) is 12.7. The Hall–Kier alpha value is -1.84. The minimum Gasteiger partial charge on any atom is -0.303 e. The van der Waals surface area contributed by atoms with Crippen molar-refractivity contribution in [3.8, 4) is 0 Å². The van der Waals surface area contributed by atoms with E-state index in [2.05, 4.69) is 27.5 Å². The van der Waals surface area contributed by atoms with Crippen molar-refractivity contribution in [1.82, 2.24) is 20.6 Å². The Morgan fingerprint density at radius 2 is 1.45 bits per heavy atom. The molecule has 0 aromatic carbocycles. The Balaban J connectivity index is 2.24. The summed E-state index contributed by atoms with van der Waals surface area (Å²) in [7, 11) is -3.93. The SMILES string of the molecule is CCCCCCCCCCCCCCCC(=O)N(c1nnn[nH]1)S(=O)(=O)CCCC=O. The van der Waals surface area contributed by atoms with Gasteiger partial charge in [0.05, 0.1) is 5.75 Å². The predicted molar refractivity (Wildman–Crippen MR) is 121 cm³/mol. The van der Waals surface area contributed by atoms with Crippen molar-refractivity contribution in [2.75, 3.05) is 10.1 Å². The third-order valence-electron chi connectivity index (χ3n) is 5.25. The van der Waals surface area contributed by atoms with Gasteiger partial charge in [-0.05, 0) is 23.3 Å². The van der Waals surface area contributed by atoms with E-state index < -0.39 is 15.9 Å². The molecule has 1 aromatic heterocycles. The predicted octanol–water partition coefficient (Wildman–Crippen LogP) is 4.32. The average Bonchev–Trinajstić information content (AvgIpc) is 3.25. The second kappa shape index (κ2) is 16.8. The molecule has 31 heavy (non-hydrogen) atoms. The van der Waals surface area contributed by atoms with Gasteiger partial charge in [0.25, 0.3) is 5.95 Å². The third kappa shape index (κ3) is 11.9. The van der Waals surface area contributed by atoms with Crippen molar-refractivity contribution < 1.29 is 18.0 Å². The molecule has 1 aromatic rings. The summed E-state index contributed by atoms with van der Waals surface area (Å²) >= 11 is 0. The van der Waals surface area contributed by atoms with Crippen LogP contribution in [0.3, 0.4) is 0 Å². The van der Waals surface area contributed by atoms with Gasteiger partial charge in [0, 0.05) is 12.8 Å². The number of rotatable bonds is 20. The molecule has 1 heterocycles. The maximum absolute atomic E-state index is 12.6. The number of tetrazole rings is 1. The van der Waals surface area contributed by atoms with Crippen molar-refractivity contribution in [2.45, 2.75) is 110 Å². The second-order valence-corrected chi connectivity index (χ2v) is 9.94. The minimum absolute atomic E-state index is 0.116. The number of aromatic nitrogens is 4. The number of carbonyl (C=O) groups is 2. The molecule has 0 fully saturated rings. The standard InChI is InChI=1S/C21H39N5O4S/c1-2-3-4-5-6-7-8-9-10-11-12-13-14-17-20(28)26(21-22-24-25-23-21)31(29,30)19-16-15-18-27/h18H,2-17,19H2,1H3,(H,22,23,24,25). The molecule has 1 rings (SSSR count). The number of aromatic amines is 1. The van der Waals surface area contributed by atoms with Gasteiger partial charge in [-0.3, -0.25) is 4.79 Å². The summed E-state index contributed by atoms with van der Waals surface area (Å²) in [5.41, 5.74) is 0. The lowest BCUT2D eigenvalue weighted by molar-refractivity contribution is -0.117. The zero-order chi connectivity index (χ0) is 22.8. The highest BCUT2D eigenvalue weighted by molar-refractivity contribution is 7.93. The summed E-state index contributed by atoms with van der Waals surface area (Å²) in [6.45, 7) is 2.24. The molecule has 10 heteroatoms. The second-order valence-electron chi connectivity index (χ2n) is 8.00. The van der Waals surface area contributed by atoms with Crippen molar-refractivity contribution in [3.63, 3.8) is 0 Å². The summed E-state index contributed by atoms with van der Waals surface area (Å²) in [4.78, 5) is 23.0. The first-order chi connectivity index (χ1) is 15.0. The van der Waals surface area contributed by atoms with Crippen LogP contribution in [-0.4, -0.2) is 47.0 Å². The highest BCUT2D eigenvalue weighted by atomic mass is 32.2. The maximum Gasteiger partial charge on any atom is 0.263 e. The monoisotopic (exact) mass is 457 g/mol. The van der Waals surface area contributed by atoms with E-state index >= 15 is 0 Å². The molecule has 0 aliphatic heterocycles. The first kappa shape index (κ1) is 27.2. The molecule has 0 spiro atoms. The van der Waals surface area contributed by atoms with Crippen molar-refractivity contribution in [2.24, 2.45) is 0 Å². The van der Waals surface area contributed by atoms with Crippen LogP contribution >= 0.6 is 0 Å². The van der Waals surface area contributed by atoms with E-state index in [0.717, 1.165) is 19.3 Å². The first-order valence-electron chi connectivity index (χ1n) is 11.8. The lowest BCUT2D eigenvalue weighted by atomic mass is 10.0. The zero-order valence-electron chi connectivity index (χ0n) is 18.9. The van der Waals surface area contributed by atoms with Crippen LogP contribution in [0.2, 0.25) is 0 Å².